The third kappa shape index (κ3) is 5.82. The third-order valence-corrected chi connectivity index (χ3v) is 6.93. The average Bonchev–Trinajstić information content (AvgIpc) is 2.78. The zero-order valence-electron chi connectivity index (χ0n) is 16.8. The van der Waals surface area contributed by atoms with Crippen LogP contribution in [0.1, 0.15) is 18.4 Å². The molecule has 172 valence electrons. The normalized spacial score (nSPS) is 15.8. The lowest BCUT2D eigenvalue weighted by molar-refractivity contribution is -0.137. The molecular formula is C20H21F3N4O4S. The maximum atomic E-state index is 12.8. The molecular weight excluding hydrogens is 449 g/mol. The molecule has 2 amide bonds. The number of carbonyl (C=O) groups excluding carboxylic acids is 2. The quantitative estimate of drug-likeness (QED) is 0.652. The number of anilines is 1. The number of alkyl halides is 3. The highest BCUT2D eigenvalue weighted by Crippen LogP contribution is 2.30. The summed E-state index contributed by atoms with van der Waals surface area (Å²) < 4.78 is 64.8. The second-order valence-corrected chi connectivity index (χ2v) is 9.22. The molecule has 0 spiro atoms. The molecule has 1 aromatic heterocycles. The van der Waals surface area contributed by atoms with Crippen molar-refractivity contribution in [3.8, 4) is 0 Å². The number of rotatable bonds is 5. The van der Waals surface area contributed by atoms with Crippen LogP contribution < -0.4 is 10.6 Å². The highest BCUT2D eigenvalue weighted by Gasteiger charge is 2.31. The summed E-state index contributed by atoms with van der Waals surface area (Å²) in [5.74, 6) is -2.10. The van der Waals surface area contributed by atoms with Crippen LogP contribution in [-0.4, -0.2) is 49.2 Å². The van der Waals surface area contributed by atoms with Gasteiger partial charge in [0.2, 0.25) is 10.0 Å². The van der Waals surface area contributed by atoms with Gasteiger partial charge in [0.25, 0.3) is 0 Å². The van der Waals surface area contributed by atoms with Gasteiger partial charge < -0.3 is 10.6 Å². The van der Waals surface area contributed by atoms with Gasteiger partial charge in [0.05, 0.1) is 5.56 Å². The van der Waals surface area contributed by atoms with Crippen LogP contribution in [0.2, 0.25) is 0 Å². The second kappa shape index (κ2) is 9.65. The molecule has 2 N–H and O–H groups in total. The van der Waals surface area contributed by atoms with E-state index in [2.05, 4.69) is 15.6 Å². The van der Waals surface area contributed by atoms with Crippen LogP contribution in [0.5, 0.6) is 0 Å². The number of nitrogens with zero attached hydrogens (tertiary/aromatic N) is 2. The van der Waals surface area contributed by atoms with Gasteiger partial charge in [-0.15, -0.1) is 0 Å². The van der Waals surface area contributed by atoms with Crippen LogP contribution in [0, 0.1) is 5.92 Å². The first-order valence-corrected chi connectivity index (χ1v) is 11.2. The van der Waals surface area contributed by atoms with Crippen LogP contribution >= 0.6 is 0 Å². The molecule has 1 aliphatic heterocycles. The van der Waals surface area contributed by atoms with E-state index in [-0.39, 0.29) is 36.1 Å². The molecule has 1 aromatic carbocycles. The van der Waals surface area contributed by atoms with Crippen LogP contribution in [0.15, 0.2) is 53.7 Å². The van der Waals surface area contributed by atoms with Gasteiger partial charge in [-0.25, -0.2) is 8.42 Å². The van der Waals surface area contributed by atoms with Crippen molar-refractivity contribution in [3.05, 3.63) is 54.4 Å². The minimum absolute atomic E-state index is 0.0411. The maximum absolute atomic E-state index is 12.8. The van der Waals surface area contributed by atoms with E-state index in [1.165, 1.54) is 28.8 Å². The standard InChI is InChI=1S/C20H21F3N4O4S/c21-20(22,23)15-3-1-4-16(11-15)26-19(29)18(28)25-12-14-6-9-27(10-7-14)32(30,31)17-5-2-8-24-13-17/h1-5,8,11,13-14H,6-7,9-10,12H2,(H,25,28)(H,26,29). The van der Waals surface area contributed by atoms with Crippen molar-refractivity contribution in [1.82, 2.24) is 14.6 Å². The Morgan fingerprint density at radius 1 is 1.09 bits per heavy atom. The van der Waals surface area contributed by atoms with E-state index in [1.807, 2.05) is 0 Å². The second-order valence-electron chi connectivity index (χ2n) is 7.28. The summed E-state index contributed by atoms with van der Waals surface area (Å²) in [5, 5.41) is 4.59. The van der Waals surface area contributed by atoms with Crippen molar-refractivity contribution in [2.75, 3.05) is 25.0 Å². The molecule has 0 saturated carbocycles. The number of hydrogen-bond donors (Lipinski definition) is 2. The largest absolute Gasteiger partial charge is 0.416 e. The summed E-state index contributed by atoms with van der Waals surface area (Å²) in [4.78, 5) is 27.9. The summed E-state index contributed by atoms with van der Waals surface area (Å²) in [5.41, 5.74) is -1.09. The summed E-state index contributed by atoms with van der Waals surface area (Å²) >= 11 is 0. The topological polar surface area (TPSA) is 108 Å². The number of pyridine rings is 1. The van der Waals surface area contributed by atoms with Crippen molar-refractivity contribution in [1.29, 1.82) is 0 Å². The molecule has 32 heavy (non-hydrogen) atoms. The van der Waals surface area contributed by atoms with Crippen molar-refractivity contribution >= 4 is 27.5 Å². The summed E-state index contributed by atoms with van der Waals surface area (Å²) in [6.45, 7) is 0.665. The lowest BCUT2D eigenvalue weighted by Crippen LogP contribution is -2.43. The Bertz CT molecular complexity index is 1070. The predicted molar refractivity (Wildman–Crippen MR) is 109 cm³/mol. The van der Waals surface area contributed by atoms with E-state index in [1.54, 1.807) is 6.07 Å². The highest BCUT2D eigenvalue weighted by molar-refractivity contribution is 7.89. The molecule has 1 aliphatic rings. The number of amides is 2. The van der Waals surface area contributed by atoms with Crippen molar-refractivity contribution in [3.63, 3.8) is 0 Å². The molecule has 8 nitrogen and oxygen atoms in total. The molecule has 2 aromatic rings. The number of nitrogens with one attached hydrogen (secondary N) is 2. The van der Waals surface area contributed by atoms with Gasteiger partial charge in [0.1, 0.15) is 4.90 Å². The third-order valence-electron chi connectivity index (χ3n) is 5.05. The van der Waals surface area contributed by atoms with Gasteiger partial charge in [-0.3, -0.25) is 14.6 Å². The van der Waals surface area contributed by atoms with Crippen LogP contribution in [0.3, 0.4) is 0 Å². The molecule has 0 unspecified atom stereocenters. The first-order valence-electron chi connectivity index (χ1n) is 9.74. The van der Waals surface area contributed by atoms with Gasteiger partial charge in [-0.1, -0.05) is 6.07 Å². The predicted octanol–water partition coefficient (Wildman–Crippen LogP) is 2.26. The molecule has 12 heteroatoms. The number of sulfonamides is 1. The lowest BCUT2D eigenvalue weighted by Gasteiger charge is -2.31. The molecule has 2 heterocycles. The molecule has 0 radical (unpaired) electrons. The van der Waals surface area contributed by atoms with E-state index >= 15 is 0 Å². The van der Waals surface area contributed by atoms with E-state index in [4.69, 9.17) is 0 Å². The van der Waals surface area contributed by atoms with Crippen molar-refractivity contribution in [2.45, 2.75) is 23.9 Å². The van der Waals surface area contributed by atoms with Crippen LogP contribution in [0.4, 0.5) is 18.9 Å². The first-order chi connectivity index (χ1) is 15.1. The van der Waals surface area contributed by atoms with E-state index < -0.39 is 33.6 Å². The van der Waals surface area contributed by atoms with Gasteiger partial charge in [-0.05, 0) is 49.1 Å². The van der Waals surface area contributed by atoms with Gasteiger partial charge >= 0.3 is 18.0 Å². The number of carbonyl (C=O) groups is 2. The Balaban J connectivity index is 1.47. The number of hydrogen-bond acceptors (Lipinski definition) is 5. The minimum atomic E-state index is -4.57. The number of halogens is 3. The van der Waals surface area contributed by atoms with E-state index in [0.29, 0.717) is 12.8 Å². The van der Waals surface area contributed by atoms with Crippen molar-refractivity contribution < 1.29 is 31.2 Å². The summed E-state index contributed by atoms with van der Waals surface area (Å²) in [7, 11) is -3.64. The zero-order chi connectivity index (χ0) is 23.4. The van der Waals surface area contributed by atoms with Gasteiger partial charge in [0.15, 0.2) is 0 Å². The Hall–Kier alpha value is -2.99. The van der Waals surface area contributed by atoms with Crippen LogP contribution in [-0.2, 0) is 25.8 Å². The number of benzene rings is 1. The number of aromatic nitrogens is 1. The molecule has 0 bridgehead atoms. The summed E-state index contributed by atoms with van der Waals surface area (Å²) in [6.07, 6.45) is -0.839. The Labute approximate surface area is 182 Å². The van der Waals surface area contributed by atoms with Crippen molar-refractivity contribution in [2.24, 2.45) is 5.92 Å². The monoisotopic (exact) mass is 470 g/mol. The molecule has 0 atom stereocenters. The highest BCUT2D eigenvalue weighted by atomic mass is 32.2. The first kappa shape index (κ1) is 23.7. The fraction of sp³-hybridized carbons (Fsp3) is 0.350. The smallest absolute Gasteiger partial charge is 0.348 e. The van der Waals surface area contributed by atoms with Gasteiger partial charge in [0, 0.05) is 37.7 Å². The van der Waals surface area contributed by atoms with Crippen LogP contribution in [0.25, 0.3) is 0 Å². The number of piperidine rings is 1. The maximum Gasteiger partial charge on any atom is 0.416 e. The SMILES string of the molecule is O=C(NCC1CCN(S(=O)(=O)c2cccnc2)CC1)C(=O)Nc1cccc(C(F)(F)F)c1. The Kier molecular flexibility index (Phi) is 7.14. The average molecular weight is 470 g/mol. The van der Waals surface area contributed by atoms with Gasteiger partial charge in [-0.2, -0.15) is 17.5 Å². The molecule has 0 aliphatic carbocycles. The molecule has 1 saturated heterocycles. The fourth-order valence-electron chi connectivity index (χ4n) is 3.28. The lowest BCUT2D eigenvalue weighted by atomic mass is 9.98. The Morgan fingerprint density at radius 2 is 1.81 bits per heavy atom. The molecule has 3 rings (SSSR count). The zero-order valence-corrected chi connectivity index (χ0v) is 17.6. The Morgan fingerprint density at radius 3 is 2.44 bits per heavy atom. The van der Waals surface area contributed by atoms with E-state index in [9.17, 15) is 31.2 Å². The van der Waals surface area contributed by atoms with E-state index in [0.717, 1.165) is 18.2 Å². The fourth-order valence-corrected chi connectivity index (χ4v) is 4.72. The summed E-state index contributed by atoms with van der Waals surface area (Å²) in [6, 6.07) is 6.99. The minimum Gasteiger partial charge on any atom is -0.348 e. The molecule has 1 fully saturated rings.